The van der Waals surface area contributed by atoms with Crippen LogP contribution in [0, 0.1) is 6.92 Å². The highest BCUT2D eigenvalue weighted by atomic mass is 15.0. The fraction of sp³-hybridized carbons (Fsp3) is 0.0857. The molecule has 0 N–H and O–H groups in total. The van der Waals surface area contributed by atoms with Crippen LogP contribution in [-0.2, 0) is 11.8 Å². The molecule has 1 aliphatic carbocycles. The number of benzene rings is 9. The van der Waals surface area contributed by atoms with E-state index in [1.165, 1.54) is 105 Å². The van der Waals surface area contributed by atoms with Crippen LogP contribution in [0.15, 0.2) is 266 Å². The Bertz CT molecular complexity index is 3690. The first-order valence-electron chi connectivity index (χ1n) is 24.9. The monoisotopic (exact) mass is 911 g/mol. The van der Waals surface area contributed by atoms with Crippen LogP contribution in [-0.4, -0.2) is 4.57 Å². The number of fused-ring (bicyclic) bond motifs is 4. The zero-order valence-electron chi connectivity index (χ0n) is 41.0. The molecule has 0 atom stereocenters. The van der Waals surface area contributed by atoms with Crippen molar-refractivity contribution in [1.29, 1.82) is 0 Å². The number of nitrogens with zero attached hydrogens (tertiary/aromatic N) is 1. The molecule has 1 heterocycles. The Hall–Kier alpha value is -8.52. The summed E-state index contributed by atoms with van der Waals surface area (Å²) < 4.78 is 2.41. The van der Waals surface area contributed by atoms with E-state index in [-0.39, 0.29) is 0 Å². The first kappa shape index (κ1) is 45.0. The minimum atomic E-state index is -0.504. The lowest BCUT2D eigenvalue weighted by Gasteiger charge is -2.34. The van der Waals surface area contributed by atoms with Gasteiger partial charge < -0.3 is 4.57 Å². The third-order valence-corrected chi connectivity index (χ3v) is 14.9. The van der Waals surface area contributed by atoms with Gasteiger partial charge in [0.1, 0.15) is 0 Å². The lowest BCUT2D eigenvalue weighted by Crippen LogP contribution is -2.28. The molecule has 342 valence electrons. The molecule has 1 aliphatic rings. The third-order valence-electron chi connectivity index (χ3n) is 14.9. The van der Waals surface area contributed by atoms with Crippen LogP contribution in [0.5, 0.6) is 0 Å². The van der Waals surface area contributed by atoms with Gasteiger partial charge in [-0.25, -0.2) is 0 Å². The molecular weight excluding hydrogens is 855 g/mol. The van der Waals surface area contributed by atoms with Crippen LogP contribution in [0.25, 0.3) is 66.5 Å². The molecule has 0 radical (unpaired) electrons. The molecule has 0 spiro atoms. The first-order chi connectivity index (χ1) is 34.8. The minimum Gasteiger partial charge on any atom is -0.309 e. The van der Waals surface area contributed by atoms with Gasteiger partial charge in [0.2, 0.25) is 0 Å². The Balaban J connectivity index is 1.07. The van der Waals surface area contributed by atoms with Gasteiger partial charge in [0.15, 0.2) is 0 Å². The Morgan fingerprint density at radius 2 is 1.15 bits per heavy atom. The Morgan fingerprint density at radius 3 is 1.82 bits per heavy atom. The van der Waals surface area contributed by atoms with Gasteiger partial charge in [-0.1, -0.05) is 207 Å². The molecule has 0 fully saturated rings. The molecule has 0 saturated carbocycles. The summed E-state index contributed by atoms with van der Waals surface area (Å²) in [4.78, 5) is 0. The number of para-hydroxylation sites is 1. The van der Waals surface area contributed by atoms with E-state index in [1.807, 2.05) is 0 Å². The van der Waals surface area contributed by atoms with Crippen molar-refractivity contribution in [2.24, 2.45) is 0 Å². The van der Waals surface area contributed by atoms with E-state index in [1.54, 1.807) is 0 Å². The zero-order valence-corrected chi connectivity index (χ0v) is 41.0. The Kier molecular flexibility index (Phi) is 12.1. The molecule has 1 heteroatoms. The number of hydrogen-bond acceptors (Lipinski definition) is 0. The summed E-state index contributed by atoms with van der Waals surface area (Å²) in [5.41, 5.74) is 23.8. The highest BCUT2D eigenvalue weighted by Crippen LogP contribution is 2.57. The second-order valence-electron chi connectivity index (χ2n) is 18.9. The van der Waals surface area contributed by atoms with E-state index >= 15 is 0 Å². The van der Waals surface area contributed by atoms with Crippen molar-refractivity contribution >= 4 is 38.5 Å². The number of rotatable bonds is 12. The van der Waals surface area contributed by atoms with Gasteiger partial charge in [-0.15, -0.1) is 0 Å². The Labute approximate surface area is 419 Å². The van der Waals surface area contributed by atoms with Crippen molar-refractivity contribution in [3.8, 4) is 27.9 Å². The predicted octanol–water partition coefficient (Wildman–Crippen LogP) is 18.4. The third kappa shape index (κ3) is 8.04. The summed E-state index contributed by atoms with van der Waals surface area (Å²) in [6.45, 7) is 13.5. The first-order valence-corrected chi connectivity index (χ1v) is 24.9. The predicted molar refractivity (Wildman–Crippen MR) is 304 cm³/mol. The molecule has 0 aliphatic heterocycles. The average Bonchev–Trinajstić information content (AvgIpc) is 3.89. The molecule has 0 saturated heterocycles. The number of aryl methyl sites for hydroxylation is 1. The summed E-state index contributed by atoms with van der Waals surface area (Å²) >= 11 is 0. The molecule has 10 aromatic rings. The van der Waals surface area contributed by atoms with E-state index in [0.717, 1.165) is 23.2 Å². The largest absolute Gasteiger partial charge is 0.309 e. The highest BCUT2D eigenvalue weighted by Gasteiger charge is 2.46. The maximum Gasteiger partial charge on any atom is 0.0674 e. The summed E-state index contributed by atoms with van der Waals surface area (Å²) in [6.07, 6.45) is 10.1. The van der Waals surface area contributed by atoms with Crippen molar-refractivity contribution in [3.05, 3.63) is 311 Å². The lowest BCUT2D eigenvalue weighted by molar-refractivity contribution is 0.743. The summed E-state index contributed by atoms with van der Waals surface area (Å²) in [6, 6.07) is 82.1. The van der Waals surface area contributed by atoms with Gasteiger partial charge in [0.05, 0.1) is 16.4 Å². The van der Waals surface area contributed by atoms with Crippen LogP contribution in [0.3, 0.4) is 0 Å². The van der Waals surface area contributed by atoms with Gasteiger partial charge in [-0.2, -0.15) is 0 Å². The van der Waals surface area contributed by atoms with Crippen molar-refractivity contribution < 1.29 is 0 Å². The number of allylic oxidation sites excluding steroid dienone is 9. The lowest BCUT2D eigenvalue weighted by atomic mass is 9.67. The van der Waals surface area contributed by atoms with Crippen molar-refractivity contribution in [3.63, 3.8) is 0 Å². The smallest absolute Gasteiger partial charge is 0.0674 e. The second-order valence-corrected chi connectivity index (χ2v) is 18.9. The molecule has 1 aromatic heterocycles. The molecule has 11 rings (SSSR count). The summed E-state index contributed by atoms with van der Waals surface area (Å²) in [5, 5.41) is 2.51. The maximum atomic E-state index is 4.54. The fourth-order valence-corrected chi connectivity index (χ4v) is 11.2. The van der Waals surface area contributed by atoms with Crippen molar-refractivity contribution in [2.45, 2.75) is 39.5 Å². The van der Waals surface area contributed by atoms with Crippen LogP contribution in [0.2, 0.25) is 0 Å². The molecule has 0 bridgehead atoms. The molecule has 9 aromatic carbocycles. The average molecular weight is 912 g/mol. The van der Waals surface area contributed by atoms with Gasteiger partial charge in [0.25, 0.3) is 0 Å². The van der Waals surface area contributed by atoms with Crippen LogP contribution in [0.4, 0.5) is 0 Å². The van der Waals surface area contributed by atoms with Crippen molar-refractivity contribution in [2.75, 3.05) is 0 Å². The molecule has 0 amide bonds. The molecule has 71 heavy (non-hydrogen) atoms. The van der Waals surface area contributed by atoms with Gasteiger partial charge >= 0.3 is 0 Å². The van der Waals surface area contributed by atoms with E-state index in [9.17, 15) is 0 Å². The summed E-state index contributed by atoms with van der Waals surface area (Å²) in [5.74, 6) is 0. The standard InChI is InChI=1S/C70H57N/c1-6-48(2)62(44-50(4)53-25-12-7-13-26-53)63-47-56(40-38-49(63)3)61-36-23-37-66-69(61)60(51(5)70(66,57-29-16-9-17-30-57)58-31-18-10-19-32-58)35-22-24-52-39-42-67-64(45-52)65-46-55(54-27-14-8-15-28-54)41-43-68(65)71(67)59-33-20-11-21-34-59/h6-23,25-47H,4,24H2,1-3,5H3/b35-22-,48-6-,62-44+. The van der Waals surface area contributed by atoms with Gasteiger partial charge in [0, 0.05) is 16.5 Å². The van der Waals surface area contributed by atoms with E-state index in [0.29, 0.717) is 0 Å². The summed E-state index contributed by atoms with van der Waals surface area (Å²) in [7, 11) is 0. The SMILES string of the molecule is C=C(/C=C(\C(C)=C/C)c1cc(-c2cccc3c2C(/C=C\Cc2ccc4c(c2)c2cc(-c5ccccc5)ccc2n4-c2ccccc2)=C(C)C3(c2ccccc2)c2ccccc2)ccc1C)c1ccccc1. The second kappa shape index (κ2) is 19.1. The Morgan fingerprint density at radius 1 is 0.563 bits per heavy atom. The molecule has 1 nitrogen and oxygen atoms in total. The quantitative estimate of drug-likeness (QED) is 0.108. The van der Waals surface area contributed by atoms with Gasteiger partial charge in [-0.05, 0) is 177 Å². The minimum absolute atomic E-state index is 0.504. The number of hydrogen-bond donors (Lipinski definition) is 0. The highest BCUT2D eigenvalue weighted by molar-refractivity contribution is 6.11. The van der Waals surface area contributed by atoms with E-state index in [4.69, 9.17) is 0 Å². The normalized spacial score (nSPS) is 13.6. The van der Waals surface area contributed by atoms with Crippen LogP contribution >= 0.6 is 0 Å². The van der Waals surface area contributed by atoms with Crippen LogP contribution < -0.4 is 0 Å². The zero-order chi connectivity index (χ0) is 48.5. The maximum absolute atomic E-state index is 4.54. The molecule has 0 unspecified atom stereocenters. The van der Waals surface area contributed by atoms with Gasteiger partial charge in [-0.3, -0.25) is 0 Å². The van der Waals surface area contributed by atoms with E-state index < -0.39 is 5.41 Å². The van der Waals surface area contributed by atoms with Crippen LogP contribution in [0.1, 0.15) is 65.3 Å². The fourth-order valence-electron chi connectivity index (χ4n) is 11.2. The molecular formula is C70H57N. The van der Waals surface area contributed by atoms with E-state index in [2.05, 4.69) is 288 Å². The van der Waals surface area contributed by atoms with Crippen molar-refractivity contribution in [1.82, 2.24) is 4.57 Å². The topological polar surface area (TPSA) is 4.93 Å². The number of aromatic nitrogens is 1.